The van der Waals surface area contributed by atoms with E-state index in [1.165, 1.54) is 6.07 Å². The van der Waals surface area contributed by atoms with Crippen LogP contribution in [-0.2, 0) is 13.0 Å². The molecule has 6 heteroatoms. The second-order valence-corrected chi connectivity index (χ2v) is 5.70. The number of hydrogen-bond donors (Lipinski definition) is 3. The number of guanidine groups is 1. The summed E-state index contributed by atoms with van der Waals surface area (Å²) in [6, 6.07) is 12.0. The van der Waals surface area contributed by atoms with Crippen LogP contribution >= 0.6 is 0 Å². The van der Waals surface area contributed by atoms with Crippen molar-refractivity contribution in [2.75, 3.05) is 19.7 Å². The third kappa shape index (κ3) is 5.95. The Bertz CT molecular complexity index is 735. The highest BCUT2D eigenvalue weighted by Gasteiger charge is 2.05. The van der Waals surface area contributed by atoms with E-state index >= 15 is 0 Å². The summed E-state index contributed by atoms with van der Waals surface area (Å²) >= 11 is 0. The van der Waals surface area contributed by atoms with Crippen molar-refractivity contribution < 1.29 is 14.2 Å². The van der Waals surface area contributed by atoms with Gasteiger partial charge in [0.25, 0.3) is 0 Å². The van der Waals surface area contributed by atoms with Gasteiger partial charge in [0.05, 0.1) is 13.2 Å². The van der Waals surface area contributed by atoms with Gasteiger partial charge in [-0.1, -0.05) is 24.3 Å². The number of hydrogen-bond acceptors (Lipinski definition) is 3. The molecular weight excluding hydrogens is 333 g/mol. The molecule has 0 spiro atoms. The second kappa shape index (κ2) is 10.3. The van der Waals surface area contributed by atoms with E-state index in [2.05, 4.69) is 15.6 Å². The van der Waals surface area contributed by atoms with Gasteiger partial charge in [-0.25, -0.2) is 9.38 Å². The number of rotatable bonds is 8. The molecule has 26 heavy (non-hydrogen) atoms. The van der Waals surface area contributed by atoms with Crippen LogP contribution in [0.5, 0.6) is 11.5 Å². The minimum atomic E-state index is -0.191. The number of halogens is 1. The molecule has 0 saturated carbocycles. The summed E-state index contributed by atoms with van der Waals surface area (Å²) in [6.45, 7) is 6.09. The van der Waals surface area contributed by atoms with Crippen molar-refractivity contribution in [1.29, 1.82) is 0 Å². The Kier molecular flexibility index (Phi) is 7.74. The standard InChI is InChI=1S/C20H26FN3O2/c1-3-22-20(23-12-11-16-7-5-6-8-17(16)21)24-14-15-9-10-18(25)19(13-15)26-4-2/h5-10,13,25H,3-4,11-12,14H2,1-2H3,(H2,22,23,24). The largest absolute Gasteiger partial charge is 0.504 e. The van der Waals surface area contributed by atoms with E-state index in [1.54, 1.807) is 24.3 Å². The van der Waals surface area contributed by atoms with E-state index in [1.807, 2.05) is 26.0 Å². The Morgan fingerprint density at radius 2 is 1.96 bits per heavy atom. The third-order valence-electron chi connectivity index (χ3n) is 3.73. The quantitative estimate of drug-likeness (QED) is 0.500. The van der Waals surface area contributed by atoms with E-state index in [9.17, 15) is 9.50 Å². The average molecular weight is 359 g/mol. The van der Waals surface area contributed by atoms with Gasteiger partial charge < -0.3 is 20.5 Å². The molecule has 0 unspecified atom stereocenters. The second-order valence-electron chi connectivity index (χ2n) is 5.70. The van der Waals surface area contributed by atoms with Gasteiger partial charge in [-0.05, 0) is 49.6 Å². The lowest BCUT2D eigenvalue weighted by Crippen LogP contribution is -2.38. The number of nitrogens with one attached hydrogen (secondary N) is 2. The van der Waals surface area contributed by atoms with Crippen molar-refractivity contribution in [2.24, 2.45) is 4.99 Å². The zero-order valence-electron chi connectivity index (χ0n) is 15.3. The van der Waals surface area contributed by atoms with Crippen molar-refractivity contribution in [3.05, 3.63) is 59.4 Å². The minimum absolute atomic E-state index is 0.120. The molecular formula is C20H26FN3O2. The molecule has 140 valence electrons. The maximum atomic E-state index is 13.7. The lowest BCUT2D eigenvalue weighted by molar-refractivity contribution is 0.318. The summed E-state index contributed by atoms with van der Waals surface area (Å²) in [5.74, 6) is 1.05. The molecule has 0 bridgehead atoms. The fourth-order valence-electron chi connectivity index (χ4n) is 2.46. The van der Waals surface area contributed by atoms with E-state index < -0.39 is 0 Å². The Labute approximate surface area is 153 Å². The summed E-state index contributed by atoms with van der Waals surface area (Å²) in [5.41, 5.74) is 1.60. The molecule has 0 saturated heterocycles. The highest BCUT2D eigenvalue weighted by Crippen LogP contribution is 2.27. The predicted molar refractivity (Wildman–Crippen MR) is 102 cm³/mol. The summed E-state index contributed by atoms with van der Waals surface area (Å²) in [5, 5.41) is 16.1. The molecule has 0 atom stereocenters. The first-order chi connectivity index (χ1) is 12.6. The highest BCUT2D eigenvalue weighted by atomic mass is 19.1. The van der Waals surface area contributed by atoms with Crippen LogP contribution in [0.25, 0.3) is 0 Å². The van der Waals surface area contributed by atoms with E-state index in [-0.39, 0.29) is 11.6 Å². The topological polar surface area (TPSA) is 65.9 Å². The van der Waals surface area contributed by atoms with Crippen LogP contribution in [0.2, 0.25) is 0 Å². The Morgan fingerprint density at radius 3 is 2.69 bits per heavy atom. The van der Waals surface area contributed by atoms with Crippen molar-refractivity contribution >= 4 is 5.96 Å². The van der Waals surface area contributed by atoms with E-state index in [0.29, 0.717) is 43.4 Å². The first kappa shape index (κ1) is 19.6. The molecule has 0 aromatic heterocycles. The summed E-state index contributed by atoms with van der Waals surface area (Å²) in [4.78, 5) is 4.53. The molecule has 0 heterocycles. The number of phenolic OH excluding ortho intramolecular Hbond substituents is 1. The molecule has 0 amide bonds. The number of nitrogens with zero attached hydrogens (tertiary/aromatic N) is 1. The molecule has 0 fully saturated rings. The predicted octanol–water partition coefficient (Wildman–Crippen LogP) is 3.23. The lowest BCUT2D eigenvalue weighted by Gasteiger charge is -2.12. The number of aliphatic imine (C=N–C) groups is 1. The molecule has 2 rings (SSSR count). The fourth-order valence-corrected chi connectivity index (χ4v) is 2.46. The highest BCUT2D eigenvalue weighted by molar-refractivity contribution is 5.79. The van der Waals surface area contributed by atoms with Crippen molar-refractivity contribution in [3.63, 3.8) is 0 Å². The SMILES string of the molecule is CCNC(=NCc1ccc(O)c(OCC)c1)NCCc1ccccc1F. The molecule has 2 aromatic rings. The maximum absolute atomic E-state index is 13.7. The maximum Gasteiger partial charge on any atom is 0.191 e. The number of aromatic hydroxyl groups is 1. The van der Waals surface area contributed by atoms with E-state index in [0.717, 1.165) is 12.1 Å². The van der Waals surface area contributed by atoms with E-state index in [4.69, 9.17) is 4.74 Å². The van der Waals surface area contributed by atoms with Crippen LogP contribution in [0.15, 0.2) is 47.5 Å². The molecule has 3 N–H and O–H groups in total. The molecule has 2 aromatic carbocycles. The van der Waals surface area contributed by atoms with Crippen molar-refractivity contribution in [1.82, 2.24) is 10.6 Å². The molecule has 0 aliphatic carbocycles. The van der Waals surface area contributed by atoms with Crippen molar-refractivity contribution in [3.8, 4) is 11.5 Å². The van der Waals surface area contributed by atoms with Crippen LogP contribution in [0.4, 0.5) is 4.39 Å². The van der Waals surface area contributed by atoms with Gasteiger partial charge in [0.2, 0.25) is 0 Å². The Hall–Kier alpha value is -2.76. The van der Waals surface area contributed by atoms with Crippen LogP contribution < -0.4 is 15.4 Å². The average Bonchev–Trinajstić information content (AvgIpc) is 2.64. The normalized spacial score (nSPS) is 11.3. The minimum Gasteiger partial charge on any atom is -0.504 e. The van der Waals surface area contributed by atoms with Crippen LogP contribution in [-0.4, -0.2) is 30.8 Å². The Balaban J connectivity index is 1.95. The van der Waals surface area contributed by atoms with Gasteiger partial charge in [-0.2, -0.15) is 0 Å². The van der Waals surface area contributed by atoms with Crippen molar-refractivity contribution in [2.45, 2.75) is 26.8 Å². The molecule has 5 nitrogen and oxygen atoms in total. The van der Waals surface area contributed by atoms with Crippen LogP contribution in [0.3, 0.4) is 0 Å². The number of benzene rings is 2. The van der Waals surface area contributed by atoms with Gasteiger partial charge >= 0.3 is 0 Å². The number of phenols is 1. The lowest BCUT2D eigenvalue weighted by atomic mass is 10.1. The smallest absolute Gasteiger partial charge is 0.191 e. The molecule has 0 aliphatic rings. The van der Waals surface area contributed by atoms with Gasteiger partial charge in [0.1, 0.15) is 5.82 Å². The summed E-state index contributed by atoms with van der Waals surface area (Å²) in [6.07, 6.45) is 0.574. The zero-order chi connectivity index (χ0) is 18.8. The summed E-state index contributed by atoms with van der Waals surface area (Å²) in [7, 11) is 0. The Morgan fingerprint density at radius 1 is 1.15 bits per heavy atom. The first-order valence-electron chi connectivity index (χ1n) is 8.84. The van der Waals surface area contributed by atoms with Gasteiger partial charge in [0, 0.05) is 13.1 Å². The third-order valence-corrected chi connectivity index (χ3v) is 3.73. The molecule has 0 radical (unpaired) electrons. The van der Waals surface area contributed by atoms with Gasteiger partial charge in [-0.15, -0.1) is 0 Å². The monoisotopic (exact) mass is 359 g/mol. The van der Waals surface area contributed by atoms with Gasteiger partial charge in [-0.3, -0.25) is 0 Å². The first-order valence-corrected chi connectivity index (χ1v) is 8.84. The van der Waals surface area contributed by atoms with Crippen LogP contribution in [0, 0.1) is 5.82 Å². The fraction of sp³-hybridized carbons (Fsp3) is 0.350. The van der Waals surface area contributed by atoms with Gasteiger partial charge in [0.15, 0.2) is 17.5 Å². The van der Waals surface area contributed by atoms with Crippen LogP contribution in [0.1, 0.15) is 25.0 Å². The molecule has 0 aliphatic heterocycles. The number of ether oxygens (including phenoxy) is 1. The zero-order valence-corrected chi connectivity index (χ0v) is 15.3. The summed E-state index contributed by atoms with van der Waals surface area (Å²) < 4.78 is 19.1.